The van der Waals surface area contributed by atoms with Crippen molar-refractivity contribution < 1.29 is 14.7 Å². The second-order valence-electron chi connectivity index (χ2n) is 4.73. The summed E-state index contributed by atoms with van der Waals surface area (Å²) < 4.78 is 0. The van der Waals surface area contributed by atoms with Crippen LogP contribution in [0.3, 0.4) is 0 Å². The highest BCUT2D eigenvalue weighted by atomic mass is 16.4. The van der Waals surface area contributed by atoms with Gasteiger partial charge in [-0.05, 0) is 36.1 Å². The smallest absolute Gasteiger partial charge is 0.377 e. The Morgan fingerprint density at radius 2 is 1.60 bits per heavy atom. The Kier molecular flexibility index (Phi) is 3.99. The van der Waals surface area contributed by atoms with Gasteiger partial charge in [-0.25, -0.2) is 4.79 Å². The number of carbonyl (C=O) groups excluding carboxylic acids is 1. The molecule has 0 atom stereocenters. The lowest BCUT2D eigenvalue weighted by Crippen LogP contribution is -2.14. The summed E-state index contributed by atoms with van der Waals surface area (Å²) in [5, 5.41) is 8.90. The molecule has 0 aromatic heterocycles. The average Bonchev–Trinajstić information content (AvgIpc) is 2.46. The fourth-order valence-corrected chi connectivity index (χ4v) is 2.14. The molecule has 20 heavy (non-hydrogen) atoms. The number of carboxylic acid groups (broad SMARTS) is 1. The summed E-state index contributed by atoms with van der Waals surface area (Å²) in [5.41, 5.74) is 4.01. The van der Waals surface area contributed by atoms with Gasteiger partial charge in [-0.3, -0.25) is 4.79 Å². The second kappa shape index (κ2) is 5.70. The van der Waals surface area contributed by atoms with Gasteiger partial charge in [-0.1, -0.05) is 48.9 Å². The minimum Gasteiger partial charge on any atom is -0.475 e. The molecule has 0 heterocycles. The zero-order valence-corrected chi connectivity index (χ0v) is 11.5. The first-order valence-electron chi connectivity index (χ1n) is 6.50. The third-order valence-corrected chi connectivity index (χ3v) is 3.31. The summed E-state index contributed by atoms with van der Waals surface area (Å²) in [7, 11) is 0. The number of hydrogen-bond donors (Lipinski definition) is 1. The van der Waals surface area contributed by atoms with Crippen LogP contribution in [0.15, 0.2) is 42.5 Å². The molecule has 0 bridgehead atoms. The molecule has 0 saturated heterocycles. The van der Waals surface area contributed by atoms with Gasteiger partial charge in [0, 0.05) is 5.56 Å². The Morgan fingerprint density at radius 3 is 2.15 bits per heavy atom. The van der Waals surface area contributed by atoms with E-state index in [1.54, 1.807) is 6.07 Å². The predicted octanol–water partition coefficient (Wildman–Crippen LogP) is 3.49. The number of Topliss-reactive ketones (excluding diaryl/α,β-unsaturated/α-hetero) is 1. The second-order valence-corrected chi connectivity index (χ2v) is 4.73. The van der Waals surface area contributed by atoms with Crippen molar-refractivity contribution in [2.45, 2.75) is 20.3 Å². The number of aryl methyl sites for hydroxylation is 2. The van der Waals surface area contributed by atoms with Crippen LogP contribution in [0.5, 0.6) is 0 Å². The van der Waals surface area contributed by atoms with Crippen molar-refractivity contribution in [3.63, 3.8) is 0 Å². The first kappa shape index (κ1) is 14.0. The van der Waals surface area contributed by atoms with Gasteiger partial charge in [0.25, 0.3) is 5.78 Å². The summed E-state index contributed by atoms with van der Waals surface area (Å²) in [6, 6.07) is 13.3. The lowest BCUT2D eigenvalue weighted by atomic mass is 9.95. The standard InChI is InChI=1S/C17H16O3/c1-3-12-8-9-14(10-15(12)16(18)17(19)20)13-6-4-11(2)5-7-13/h4-10H,3H2,1-2H3,(H,19,20). The van der Waals surface area contributed by atoms with Crippen molar-refractivity contribution in [1.29, 1.82) is 0 Å². The van der Waals surface area contributed by atoms with Gasteiger partial charge in [0.1, 0.15) is 0 Å². The number of hydrogen-bond acceptors (Lipinski definition) is 2. The van der Waals surface area contributed by atoms with E-state index in [2.05, 4.69) is 0 Å². The van der Waals surface area contributed by atoms with E-state index in [9.17, 15) is 9.59 Å². The molecule has 2 rings (SSSR count). The maximum absolute atomic E-state index is 11.8. The van der Waals surface area contributed by atoms with E-state index in [0.29, 0.717) is 6.42 Å². The highest BCUT2D eigenvalue weighted by Crippen LogP contribution is 2.24. The van der Waals surface area contributed by atoms with Crippen LogP contribution in [0.25, 0.3) is 11.1 Å². The summed E-state index contributed by atoms with van der Waals surface area (Å²) >= 11 is 0. The molecule has 0 aliphatic rings. The van der Waals surface area contributed by atoms with Gasteiger partial charge in [-0.2, -0.15) is 0 Å². The Labute approximate surface area is 117 Å². The molecule has 0 saturated carbocycles. The van der Waals surface area contributed by atoms with Crippen molar-refractivity contribution in [3.8, 4) is 11.1 Å². The molecule has 1 N–H and O–H groups in total. The largest absolute Gasteiger partial charge is 0.475 e. The van der Waals surface area contributed by atoms with Crippen molar-refractivity contribution >= 4 is 11.8 Å². The molecule has 0 unspecified atom stereocenters. The van der Waals surface area contributed by atoms with Crippen LogP contribution in [0.1, 0.15) is 28.4 Å². The SMILES string of the molecule is CCc1ccc(-c2ccc(C)cc2)cc1C(=O)C(=O)O. The van der Waals surface area contributed by atoms with E-state index < -0.39 is 11.8 Å². The number of carbonyl (C=O) groups is 2. The molecule has 0 amide bonds. The third-order valence-electron chi connectivity index (χ3n) is 3.31. The predicted molar refractivity (Wildman–Crippen MR) is 78.0 cm³/mol. The van der Waals surface area contributed by atoms with Crippen molar-refractivity contribution in [1.82, 2.24) is 0 Å². The molecule has 0 aliphatic carbocycles. The Morgan fingerprint density at radius 1 is 1.00 bits per heavy atom. The first-order chi connectivity index (χ1) is 9.52. The van der Waals surface area contributed by atoms with E-state index in [0.717, 1.165) is 22.3 Å². The normalized spacial score (nSPS) is 10.3. The average molecular weight is 268 g/mol. The maximum atomic E-state index is 11.8. The van der Waals surface area contributed by atoms with Crippen LogP contribution in [-0.2, 0) is 11.2 Å². The molecule has 0 radical (unpaired) electrons. The lowest BCUT2D eigenvalue weighted by molar-refractivity contribution is -0.131. The van der Waals surface area contributed by atoms with Gasteiger partial charge < -0.3 is 5.11 Å². The zero-order valence-electron chi connectivity index (χ0n) is 11.5. The van der Waals surface area contributed by atoms with Crippen molar-refractivity contribution in [3.05, 3.63) is 59.2 Å². The molecule has 3 nitrogen and oxygen atoms in total. The van der Waals surface area contributed by atoms with Crippen molar-refractivity contribution in [2.24, 2.45) is 0 Å². The van der Waals surface area contributed by atoms with Crippen LogP contribution in [0.4, 0.5) is 0 Å². The third kappa shape index (κ3) is 2.77. The van der Waals surface area contributed by atoms with Crippen LogP contribution in [-0.4, -0.2) is 16.9 Å². The molecule has 0 fully saturated rings. The van der Waals surface area contributed by atoms with Crippen LogP contribution in [0.2, 0.25) is 0 Å². The van der Waals surface area contributed by atoms with Gasteiger partial charge in [-0.15, -0.1) is 0 Å². The quantitative estimate of drug-likeness (QED) is 0.682. The van der Waals surface area contributed by atoms with Crippen LogP contribution < -0.4 is 0 Å². The fraction of sp³-hybridized carbons (Fsp3) is 0.176. The van der Waals surface area contributed by atoms with Crippen molar-refractivity contribution in [2.75, 3.05) is 0 Å². The van der Waals surface area contributed by atoms with E-state index in [1.165, 1.54) is 0 Å². The molecule has 0 spiro atoms. The molecular formula is C17H16O3. The Hall–Kier alpha value is -2.42. The monoisotopic (exact) mass is 268 g/mol. The summed E-state index contributed by atoms with van der Waals surface area (Å²) in [6.45, 7) is 3.91. The number of benzene rings is 2. The Bertz CT molecular complexity index is 654. The number of carboxylic acids is 1. The number of rotatable bonds is 4. The molecule has 102 valence electrons. The van der Waals surface area contributed by atoms with E-state index in [4.69, 9.17) is 5.11 Å². The number of aliphatic carboxylic acids is 1. The Balaban J connectivity index is 2.52. The lowest BCUT2D eigenvalue weighted by Gasteiger charge is -2.08. The molecule has 2 aromatic rings. The molecule has 2 aromatic carbocycles. The van der Waals surface area contributed by atoms with E-state index >= 15 is 0 Å². The number of ketones is 1. The fourth-order valence-electron chi connectivity index (χ4n) is 2.14. The topological polar surface area (TPSA) is 54.4 Å². The highest BCUT2D eigenvalue weighted by molar-refractivity contribution is 6.40. The molecule has 3 heteroatoms. The summed E-state index contributed by atoms with van der Waals surface area (Å²) in [6.07, 6.45) is 0.628. The van der Waals surface area contributed by atoms with Gasteiger partial charge in [0.15, 0.2) is 0 Å². The minimum absolute atomic E-state index is 0.276. The van der Waals surface area contributed by atoms with Gasteiger partial charge in [0.2, 0.25) is 0 Å². The van der Waals surface area contributed by atoms with Gasteiger partial charge in [0.05, 0.1) is 0 Å². The summed E-state index contributed by atoms with van der Waals surface area (Å²) in [5.74, 6) is -2.27. The van der Waals surface area contributed by atoms with Gasteiger partial charge >= 0.3 is 5.97 Å². The summed E-state index contributed by atoms with van der Waals surface area (Å²) in [4.78, 5) is 22.7. The highest BCUT2D eigenvalue weighted by Gasteiger charge is 2.18. The maximum Gasteiger partial charge on any atom is 0.377 e. The molecular weight excluding hydrogens is 252 g/mol. The first-order valence-corrected chi connectivity index (χ1v) is 6.50. The van der Waals surface area contributed by atoms with E-state index in [1.807, 2.05) is 50.2 Å². The van der Waals surface area contributed by atoms with Crippen LogP contribution in [0, 0.1) is 6.92 Å². The van der Waals surface area contributed by atoms with E-state index in [-0.39, 0.29) is 5.56 Å². The van der Waals surface area contributed by atoms with Crippen LogP contribution >= 0.6 is 0 Å². The molecule has 0 aliphatic heterocycles. The minimum atomic E-state index is -1.42. The zero-order chi connectivity index (χ0) is 14.7.